The molecule has 1 heterocycles. The number of benzene rings is 2. The van der Waals surface area contributed by atoms with Gasteiger partial charge in [-0.1, -0.05) is 59.2 Å². The molecule has 36 heavy (non-hydrogen) atoms. The maximum Gasteiger partial charge on any atom is 0.232 e. The summed E-state index contributed by atoms with van der Waals surface area (Å²) in [5.41, 5.74) is -0.545. The van der Waals surface area contributed by atoms with E-state index in [0.29, 0.717) is 10.6 Å². The molecule has 0 aromatic heterocycles. The van der Waals surface area contributed by atoms with Crippen LogP contribution < -0.4 is 4.90 Å². The van der Waals surface area contributed by atoms with Crippen LogP contribution in [0.5, 0.6) is 0 Å². The first-order valence-corrected chi connectivity index (χ1v) is 14.1. The Bertz CT molecular complexity index is 1210. The number of rotatable bonds is 5. The molecule has 0 aliphatic carbocycles. The smallest absolute Gasteiger partial charge is 0.232 e. The SMILES string of the molecule is CC(N(C(=O)C(C)(C)C)c1ccc(C2(S(=O)(=O)c3ccc(Cl)cc3)CCOCC2)cc1F)C(C)(C)C. The largest absolute Gasteiger partial charge is 0.381 e. The number of nitrogens with zero attached hydrogens (tertiary/aromatic N) is 1. The molecule has 198 valence electrons. The van der Waals surface area contributed by atoms with Crippen LogP contribution in [-0.4, -0.2) is 33.6 Å². The van der Waals surface area contributed by atoms with Gasteiger partial charge in [-0.15, -0.1) is 0 Å². The second-order valence-electron chi connectivity index (χ2n) is 11.7. The van der Waals surface area contributed by atoms with Crippen LogP contribution in [-0.2, 0) is 24.1 Å². The number of anilines is 1. The minimum Gasteiger partial charge on any atom is -0.381 e. The van der Waals surface area contributed by atoms with Crippen molar-refractivity contribution in [3.8, 4) is 0 Å². The van der Waals surface area contributed by atoms with Crippen LogP contribution in [0.25, 0.3) is 0 Å². The molecule has 1 fully saturated rings. The van der Waals surface area contributed by atoms with E-state index in [9.17, 15) is 13.2 Å². The zero-order valence-electron chi connectivity index (χ0n) is 22.2. The zero-order chi connectivity index (χ0) is 27.1. The predicted octanol–water partition coefficient (Wildman–Crippen LogP) is 6.77. The Morgan fingerprint density at radius 2 is 1.58 bits per heavy atom. The molecular formula is C28H37ClFNO4S. The highest BCUT2D eigenvalue weighted by Crippen LogP contribution is 2.45. The van der Waals surface area contributed by atoms with E-state index < -0.39 is 25.8 Å². The van der Waals surface area contributed by atoms with E-state index in [1.807, 2.05) is 27.7 Å². The Balaban J connectivity index is 2.17. The van der Waals surface area contributed by atoms with Crippen LogP contribution in [0.2, 0.25) is 5.02 Å². The second-order valence-corrected chi connectivity index (χ2v) is 14.4. The Morgan fingerprint density at radius 3 is 2.06 bits per heavy atom. The first-order chi connectivity index (χ1) is 16.5. The third kappa shape index (κ3) is 5.34. The molecule has 1 atom stereocenters. The maximum absolute atomic E-state index is 15.9. The number of halogens is 2. The summed E-state index contributed by atoms with van der Waals surface area (Å²) in [6, 6.07) is 10.2. The molecule has 2 aromatic rings. The van der Waals surface area contributed by atoms with Gasteiger partial charge in [-0.3, -0.25) is 4.79 Å². The highest BCUT2D eigenvalue weighted by atomic mass is 35.5. The lowest BCUT2D eigenvalue weighted by Crippen LogP contribution is -2.50. The first-order valence-electron chi connectivity index (χ1n) is 12.2. The minimum absolute atomic E-state index is 0.129. The summed E-state index contributed by atoms with van der Waals surface area (Å²) in [5, 5.41) is 0.432. The van der Waals surface area contributed by atoms with Crippen molar-refractivity contribution in [1.82, 2.24) is 0 Å². The molecule has 1 aliphatic heterocycles. The average Bonchev–Trinajstić information content (AvgIpc) is 2.79. The molecule has 0 N–H and O–H groups in total. The standard InChI is InChI=1S/C28H37ClFNO4S/c1-19(26(2,3)4)31(25(32)27(5,6)7)24-13-8-20(18-23(24)30)28(14-16-35-17-15-28)36(33,34)22-11-9-21(29)10-12-22/h8-13,18-19H,14-17H2,1-7H3. The van der Waals surface area contributed by atoms with Crippen molar-refractivity contribution < 1.29 is 22.3 Å². The quantitative estimate of drug-likeness (QED) is 0.422. The molecule has 5 nitrogen and oxygen atoms in total. The number of ether oxygens (including phenoxy) is 1. The molecule has 3 rings (SSSR count). The Labute approximate surface area is 219 Å². The van der Waals surface area contributed by atoms with Gasteiger partial charge in [0.2, 0.25) is 5.91 Å². The molecule has 1 unspecified atom stereocenters. The lowest BCUT2D eigenvalue weighted by Gasteiger charge is -2.41. The van der Waals surface area contributed by atoms with Gasteiger partial charge in [-0.05, 0) is 67.1 Å². The minimum atomic E-state index is -3.91. The summed E-state index contributed by atoms with van der Waals surface area (Å²) in [7, 11) is -3.91. The van der Waals surface area contributed by atoms with Crippen molar-refractivity contribution in [3.63, 3.8) is 0 Å². The van der Waals surface area contributed by atoms with E-state index in [0.717, 1.165) is 0 Å². The van der Waals surface area contributed by atoms with Crippen molar-refractivity contribution >= 4 is 33.0 Å². The number of sulfone groups is 1. The fourth-order valence-electron chi connectivity index (χ4n) is 4.48. The summed E-state index contributed by atoms with van der Waals surface area (Å²) in [6.45, 7) is 13.8. The monoisotopic (exact) mass is 537 g/mol. The van der Waals surface area contributed by atoms with Crippen LogP contribution in [0.1, 0.15) is 66.9 Å². The van der Waals surface area contributed by atoms with Crippen LogP contribution in [0.15, 0.2) is 47.4 Å². The van der Waals surface area contributed by atoms with E-state index in [1.165, 1.54) is 35.2 Å². The molecule has 1 saturated heterocycles. The molecule has 1 aliphatic rings. The molecular weight excluding hydrogens is 501 g/mol. The molecule has 0 radical (unpaired) electrons. The number of carbonyl (C=O) groups excluding carboxylic acids is 1. The van der Waals surface area contributed by atoms with E-state index >= 15 is 4.39 Å². The van der Waals surface area contributed by atoms with Gasteiger partial charge in [0.05, 0.1) is 10.6 Å². The van der Waals surface area contributed by atoms with Gasteiger partial charge in [0.15, 0.2) is 9.84 Å². The third-order valence-corrected chi connectivity index (χ3v) is 9.99. The van der Waals surface area contributed by atoms with Gasteiger partial charge in [0, 0.05) is 29.7 Å². The third-order valence-electron chi connectivity index (χ3n) is 7.17. The van der Waals surface area contributed by atoms with Crippen LogP contribution >= 0.6 is 11.6 Å². The lowest BCUT2D eigenvalue weighted by atomic mass is 9.84. The van der Waals surface area contributed by atoms with E-state index in [4.69, 9.17) is 16.3 Å². The Hall–Kier alpha value is -1.96. The Morgan fingerprint density at radius 1 is 1.03 bits per heavy atom. The highest BCUT2D eigenvalue weighted by Gasteiger charge is 2.48. The molecule has 1 amide bonds. The molecule has 8 heteroatoms. The van der Waals surface area contributed by atoms with E-state index in [2.05, 4.69) is 0 Å². The molecule has 0 bridgehead atoms. The average molecular weight is 538 g/mol. The summed E-state index contributed by atoms with van der Waals surface area (Å²) in [5.74, 6) is -0.829. The molecule has 2 aromatic carbocycles. The van der Waals surface area contributed by atoms with E-state index in [-0.39, 0.29) is 54.0 Å². The van der Waals surface area contributed by atoms with Gasteiger partial charge in [0.1, 0.15) is 10.6 Å². The fourth-order valence-corrected chi connectivity index (χ4v) is 6.69. The zero-order valence-corrected chi connectivity index (χ0v) is 23.8. The maximum atomic E-state index is 15.9. The summed E-state index contributed by atoms with van der Waals surface area (Å²) < 4.78 is 48.0. The van der Waals surface area contributed by atoms with E-state index in [1.54, 1.807) is 32.9 Å². The van der Waals surface area contributed by atoms with Crippen molar-refractivity contribution in [1.29, 1.82) is 0 Å². The number of amides is 1. The summed E-state index contributed by atoms with van der Waals surface area (Å²) in [6.07, 6.45) is 0.388. The van der Waals surface area contributed by atoms with Crippen LogP contribution in [0.3, 0.4) is 0 Å². The molecule has 0 saturated carbocycles. The normalized spacial score (nSPS) is 17.5. The first kappa shape index (κ1) is 28.6. The van der Waals surface area contributed by atoms with Crippen molar-refractivity contribution in [2.45, 2.75) is 77.0 Å². The van der Waals surface area contributed by atoms with Gasteiger partial charge in [0.25, 0.3) is 0 Å². The van der Waals surface area contributed by atoms with Crippen molar-refractivity contribution in [2.75, 3.05) is 18.1 Å². The fraction of sp³-hybridized carbons (Fsp3) is 0.536. The predicted molar refractivity (Wildman–Crippen MR) is 143 cm³/mol. The molecule has 0 spiro atoms. The van der Waals surface area contributed by atoms with Crippen molar-refractivity contribution in [2.24, 2.45) is 10.8 Å². The Kier molecular flexibility index (Phi) is 8.00. The lowest BCUT2D eigenvalue weighted by molar-refractivity contribution is -0.126. The van der Waals surface area contributed by atoms with Gasteiger partial charge in [-0.25, -0.2) is 12.8 Å². The van der Waals surface area contributed by atoms with Gasteiger partial charge in [-0.2, -0.15) is 0 Å². The van der Waals surface area contributed by atoms with Crippen LogP contribution in [0, 0.1) is 16.6 Å². The number of hydrogen-bond acceptors (Lipinski definition) is 4. The van der Waals surface area contributed by atoms with Crippen molar-refractivity contribution in [3.05, 3.63) is 58.9 Å². The second kappa shape index (κ2) is 10.1. The van der Waals surface area contributed by atoms with Crippen LogP contribution in [0.4, 0.5) is 10.1 Å². The van der Waals surface area contributed by atoms with Gasteiger partial charge < -0.3 is 9.64 Å². The topological polar surface area (TPSA) is 63.7 Å². The summed E-state index contributed by atoms with van der Waals surface area (Å²) >= 11 is 5.99. The van der Waals surface area contributed by atoms with Gasteiger partial charge >= 0.3 is 0 Å². The number of carbonyl (C=O) groups is 1. The summed E-state index contributed by atoms with van der Waals surface area (Å²) in [4.78, 5) is 15.1. The highest BCUT2D eigenvalue weighted by molar-refractivity contribution is 7.92. The number of hydrogen-bond donors (Lipinski definition) is 0.